The van der Waals surface area contributed by atoms with Gasteiger partial charge in [-0.25, -0.2) is 0 Å². The summed E-state index contributed by atoms with van der Waals surface area (Å²) in [6, 6.07) is 28.3. The highest BCUT2D eigenvalue weighted by Crippen LogP contribution is 2.38. The molecule has 1 saturated heterocycles. The summed E-state index contributed by atoms with van der Waals surface area (Å²) in [5, 5.41) is 15.2. The molecule has 5 N–H and O–H groups in total. The number of aromatic nitrogens is 1. The van der Waals surface area contributed by atoms with Crippen LogP contribution in [0.15, 0.2) is 97.2 Å². The number of benzene rings is 3. The van der Waals surface area contributed by atoms with Crippen molar-refractivity contribution in [3.05, 3.63) is 120 Å². The van der Waals surface area contributed by atoms with E-state index in [0.29, 0.717) is 36.4 Å². The normalized spacial score (nSPS) is 17.7. The van der Waals surface area contributed by atoms with E-state index in [-0.39, 0.29) is 43.5 Å². The number of rotatable bonds is 14. The molecule has 0 bridgehead atoms. The smallest absolute Gasteiger partial charge is 0.224 e. The second kappa shape index (κ2) is 16.8. The molecular formula is C37H43N5O5. The van der Waals surface area contributed by atoms with Crippen molar-refractivity contribution < 1.29 is 24.2 Å². The Labute approximate surface area is 275 Å². The molecule has 1 aromatic heterocycles. The van der Waals surface area contributed by atoms with Gasteiger partial charge >= 0.3 is 0 Å². The van der Waals surface area contributed by atoms with Gasteiger partial charge < -0.3 is 35.8 Å². The summed E-state index contributed by atoms with van der Waals surface area (Å²) in [5.41, 5.74) is 11.3. The number of nitrogens with two attached hydrogens (primary N) is 1. The largest absolute Gasteiger partial charge is 0.397 e. The van der Waals surface area contributed by atoms with Crippen molar-refractivity contribution in [3.8, 4) is 0 Å². The molecule has 4 aromatic rings. The summed E-state index contributed by atoms with van der Waals surface area (Å²) in [7, 11) is 2.08. The number of nitrogens with one attached hydrogen (secondary N) is 2. The van der Waals surface area contributed by atoms with Crippen LogP contribution in [0.25, 0.3) is 0 Å². The number of carbonyl (C=O) groups excluding carboxylic acids is 2. The summed E-state index contributed by atoms with van der Waals surface area (Å²) in [6.07, 6.45) is 3.13. The molecule has 0 radical (unpaired) electrons. The number of anilines is 3. The Kier molecular flexibility index (Phi) is 12.1. The zero-order valence-electron chi connectivity index (χ0n) is 26.7. The van der Waals surface area contributed by atoms with E-state index in [1.54, 1.807) is 24.3 Å². The Bertz CT molecular complexity index is 1600. The van der Waals surface area contributed by atoms with Crippen LogP contribution in [-0.4, -0.2) is 53.0 Å². The molecule has 5 rings (SSSR count). The molecule has 0 aliphatic carbocycles. The molecule has 1 aliphatic heterocycles. The van der Waals surface area contributed by atoms with Crippen LogP contribution < -0.4 is 16.4 Å². The Hall–Kier alpha value is -4.61. The Balaban J connectivity index is 1.19. The van der Waals surface area contributed by atoms with E-state index < -0.39 is 6.29 Å². The van der Waals surface area contributed by atoms with Gasteiger partial charge in [0.05, 0.1) is 30.2 Å². The molecule has 10 heteroatoms. The van der Waals surface area contributed by atoms with Crippen molar-refractivity contribution in [1.82, 2.24) is 9.88 Å². The van der Waals surface area contributed by atoms with Crippen LogP contribution in [0.5, 0.6) is 0 Å². The number of pyridine rings is 1. The first-order valence-corrected chi connectivity index (χ1v) is 16.0. The van der Waals surface area contributed by atoms with Crippen molar-refractivity contribution in [2.75, 3.05) is 36.5 Å². The molecule has 10 nitrogen and oxygen atoms in total. The van der Waals surface area contributed by atoms with Gasteiger partial charge in [0.25, 0.3) is 0 Å². The number of hydrogen-bond donors (Lipinski definition) is 4. The van der Waals surface area contributed by atoms with E-state index in [0.717, 1.165) is 35.3 Å². The van der Waals surface area contributed by atoms with E-state index in [9.17, 15) is 14.7 Å². The molecule has 3 aromatic carbocycles. The fourth-order valence-corrected chi connectivity index (χ4v) is 5.54. The third-order valence-corrected chi connectivity index (χ3v) is 8.09. The summed E-state index contributed by atoms with van der Waals surface area (Å²) in [5.74, 6) is -0.379. The van der Waals surface area contributed by atoms with Gasteiger partial charge in [0.2, 0.25) is 11.8 Å². The molecule has 2 amide bonds. The van der Waals surface area contributed by atoms with Gasteiger partial charge in [-0.1, -0.05) is 54.6 Å². The number of para-hydroxylation sites is 2. The Morgan fingerprint density at radius 3 is 2.43 bits per heavy atom. The molecule has 0 saturated carbocycles. The molecule has 0 unspecified atom stereocenters. The predicted octanol–water partition coefficient (Wildman–Crippen LogP) is 5.62. The lowest BCUT2D eigenvalue weighted by Crippen LogP contribution is -2.38. The van der Waals surface area contributed by atoms with Gasteiger partial charge in [0, 0.05) is 61.9 Å². The van der Waals surface area contributed by atoms with Crippen molar-refractivity contribution in [1.29, 1.82) is 0 Å². The summed E-state index contributed by atoms with van der Waals surface area (Å²) >= 11 is 0. The minimum Gasteiger partial charge on any atom is -0.397 e. The Morgan fingerprint density at radius 1 is 0.915 bits per heavy atom. The maximum atomic E-state index is 12.8. The van der Waals surface area contributed by atoms with E-state index in [4.69, 9.17) is 15.2 Å². The lowest BCUT2D eigenvalue weighted by atomic mass is 9.99. The number of nitrogens with zero attached hydrogens (tertiary/aromatic N) is 2. The second-order valence-electron chi connectivity index (χ2n) is 11.8. The first-order valence-electron chi connectivity index (χ1n) is 16.0. The summed E-state index contributed by atoms with van der Waals surface area (Å²) < 4.78 is 13.0. The zero-order valence-corrected chi connectivity index (χ0v) is 26.7. The fourth-order valence-electron chi connectivity index (χ4n) is 5.54. The van der Waals surface area contributed by atoms with E-state index in [1.807, 2.05) is 72.9 Å². The predicted molar refractivity (Wildman–Crippen MR) is 182 cm³/mol. The number of carbonyl (C=O) groups is 2. The first-order chi connectivity index (χ1) is 22.9. The number of aliphatic hydroxyl groups excluding tert-OH is 1. The zero-order chi connectivity index (χ0) is 33.0. The number of ether oxygens (including phenoxy) is 2. The number of hydrogen-bond acceptors (Lipinski definition) is 8. The van der Waals surface area contributed by atoms with E-state index in [1.165, 1.54) is 0 Å². The first kappa shape index (κ1) is 33.7. The molecule has 246 valence electrons. The number of likely N-dealkylation sites (N-methyl/N-ethyl adjacent to an activating group) is 1. The fraction of sp³-hybridized carbons (Fsp3) is 0.324. The maximum Gasteiger partial charge on any atom is 0.224 e. The second-order valence-corrected chi connectivity index (χ2v) is 11.8. The van der Waals surface area contributed by atoms with Crippen molar-refractivity contribution >= 4 is 28.9 Å². The van der Waals surface area contributed by atoms with Crippen LogP contribution in [0.2, 0.25) is 0 Å². The van der Waals surface area contributed by atoms with Crippen molar-refractivity contribution in [2.45, 2.75) is 57.2 Å². The monoisotopic (exact) mass is 637 g/mol. The van der Waals surface area contributed by atoms with Crippen LogP contribution in [-0.2, 0) is 32.1 Å². The van der Waals surface area contributed by atoms with Crippen molar-refractivity contribution in [2.24, 2.45) is 0 Å². The standard InChI is InChI=1S/C37H43N5O5/c1-42(21-19-29-9-4-5-20-39-29)24-31-23-34(27-17-15-26(25-43)16-18-27)47-37(46-31)28-8-6-10-30(22-28)40-35(44)13-7-14-36(45)41-33-12-3-2-11-32(33)38/h2-6,8-12,15-18,20,22,31,34,37,43H,7,13-14,19,21,23-25,38H2,1H3,(H,40,44)(H,41,45)/t31-,34+,37+/m0/s1. The summed E-state index contributed by atoms with van der Waals surface area (Å²) in [6.45, 7) is 1.52. The molecular weight excluding hydrogens is 594 g/mol. The minimum absolute atomic E-state index is 0.0181. The van der Waals surface area contributed by atoms with E-state index >= 15 is 0 Å². The third-order valence-electron chi connectivity index (χ3n) is 8.09. The minimum atomic E-state index is -0.647. The highest BCUT2D eigenvalue weighted by Gasteiger charge is 2.33. The lowest BCUT2D eigenvalue weighted by molar-refractivity contribution is -0.252. The van der Waals surface area contributed by atoms with Gasteiger partial charge in [0.1, 0.15) is 0 Å². The molecule has 1 aliphatic rings. The number of nitrogen functional groups attached to an aromatic ring is 1. The van der Waals surface area contributed by atoms with Gasteiger partial charge in [-0.05, 0) is 61.0 Å². The van der Waals surface area contributed by atoms with Crippen LogP contribution in [0.3, 0.4) is 0 Å². The molecule has 1 fully saturated rings. The quantitative estimate of drug-likeness (QED) is 0.131. The third kappa shape index (κ3) is 10.2. The average Bonchev–Trinajstić information content (AvgIpc) is 3.09. The topological polar surface area (TPSA) is 139 Å². The van der Waals surface area contributed by atoms with Gasteiger partial charge in [-0.15, -0.1) is 0 Å². The van der Waals surface area contributed by atoms with Crippen LogP contribution in [0.4, 0.5) is 17.1 Å². The number of amides is 2. The molecule has 3 atom stereocenters. The van der Waals surface area contributed by atoms with Crippen molar-refractivity contribution in [3.63, 3.8) is 0 Å². The SMILES string of the molecule is CN(CCc1ccccn1)C[C@@H]1C[C@H](c2ccc(CO)cc2)O[C@H](c2cccc(NC(=O)CCCC(=O)Nc3ccccc3N)c2)O1. The van der Waals surface area contributed by atoms with Gasteiger partial charge in [-0.2, -0.15) is 0 Å². The lowest BCUT2D eigenvalue weighted by Gasteiger charge is -2.38. The molecule has 0 spiro atoms. The Morgan fingerprint density at radius 2 is 1.68 bits per heavy atom. The molecule has 2 heterocycles. The highest BCUT2D eigenvalue weighted by molar-refractivity contribution is 5.94. The van der Waals surface area contributed by atoms with Gasteiger partial charge in [0.15, 0.2) is 6.29 Å². The van der Waals surface area contributed by atoms with E-state index in [2.05, 4.69) is 27.6 Å². The summed E-state index contributed by atoms with van der Waals surface area (Å²) in [4.78, 5) is 31.8. The van der Waals surface area contributed by atoms with Crippen LogP contribution >= 0.6 is 0 Å². The van der Waals surface area contributed by atoms with Crippen LogP contribution in [0, 0.1) is 0 Å². The molecule has 47 heavy (non-hydrogen) atoms. The van der Waals surface area contributed by atoms with Gasteiger partial charge in [-0.3, -0.25) is 14.6 Å². The average molecular weight is 638 g/mol. The van der Waals surface area contributed by atoms with Crippen LogP contribution in [0.1, 0.15) is 60.5 Å². The number of aliphatic hydroxyl groups is 1. The maximum absolute atomic E-state index is 12.8. The highest BCUT2D eigenvalue weighted by atomic mass is 16.7.